The SMILES string of the molecule is CC1(CCc2ccccc2)OC(=O)C(C(=O)CCCC2CCCCC2)=C1O. The van der Waals surface area contributed by atoms with Gasteiger partial charge >= 0.3 is 5.97 Å². The van der Waals surface area contributed by atoms with Gasteiger partial charge in [-0.3, -0.25) is 4.79 Å². The third-order valence-electron chi connectivity index (χ3n) is 6.01. The summed E-state index contributed by atoms with van der Waals surface area (Å²) >= 11 is 0. The highest BCUT2D eigenvalue weighted by Gasteiger charge is 2.46. The molecule has 4 heteroatoms. The molecule has 146 valence electrons. The first-order valence-corrected chi connectivity index (χ1v) is 10.2. The van der Waals surface area contributed by atoms with Gasteiger partial charge in [0.05, 0.1) is 0 Å². The lowest BCUT2D eigenvalue weighted by atomic mass is 9.85. The molecule has 1 unspecified atom stereocenters. The molecule has 27 heavy (non-hydrogen) atoms. The van der Waals surface area contributed by atoms with E-state index in [9.17, 15) is 14.7 Å². The second-order valence-corrected chi connectivity index (χ2v) is 8.15. The van der Waals surface area contributed by atoms with Crippen LogP contribution >= 0.6 is 0 Å². The number of Topliss-reactive ketones (excluding diaryl/α,β-unsaturated/α-hetero) is 1. The lowest BCUT2D eigenvalue weighted by molar-refractivity contribution is -0.147. The number of aliphatic hydroxyl groups is 1. The lowest BCUT2D eigenvalue weighted by Gasteiger charge is -2.23. The highest BCUT2D eigenvalue weighted by Crippen LogP contribution is 2.36. The van der Waals surface area contributed by atoms with Gasteiger partial charge in [-0.15, -0.1) is 0 Å². The normalized spacial score (nSPS) is 23.5. The molecule has 0 aromatic heterocycles. The van der Waals surface area contributed by atoms with Crippen molar-refractivity contribution in [2.45, 2.75) is 76.7 Å². The van der Waals surface area contributed by atoms with Crippen LogP contribution in [0.15, 0.2) is 41.7 Å². The molecule has 4 nitrogen and oxygen atoms in total. The lowest BCUT2D eigenvalue weighted by Crippen LogP contribution is -2.28. The third-order valence-corrected chi connectivity index (χ3v) is 6.01. The van der Waals surface area contributed by atoms with Crippen molar-refractivity contribution >= 4 is 11.8 Å². The van der Waals surface area contributed by atoms with Crippen molar-refractivity contribution in [1.82, 2.24) is 0 Å². The fraction of sp³-hybridized carbons (Fsp3) is 0.565. The van der Waals surface area contributed by atoms with Crippen LogP contribution in [0.2, 0.25) is 0 Å². The largest absolute Gasteiger partial charge is 0.507 e. The molecular weight excluding hydrogens is 340 g/mol. The monoisotopic (exact) mass is 370 g/mol. The van der Waals surface area contributed by atoms with E-state index in [0.29, 0.717) is 25.2 Å². The number of carbonyl (C=O) groups is 2. The van der Waals surface area contributed by atoms with E-state index < -0.39 is 11.6 Å². The Morgan fingerprint density at radius 3 is 2.59 bits per heavy atom. The molecule has 0 spiro atoms. The Morgan fingerprint density at radius 1 is 1.19 bits per heavy atom. The van der Waals surface area contributed by atoms with Crippen LogP contribution in [0.5, 0.6) is 0 Å². The topological polar surface area (TPSA) is 63.6 Å². The standard InChI is InChI=1S/C23H30O4/c1-23(16-15-18-11-6-3-7-12-18)21(25)20(22(26)27-23)19(24)14-8-13-17-9-4-2-5-10-17/h3,6-7,11-12,17,25H,2,4-5,8-10,13-16H2,1H3. The Balaban J connectivity index is 1.57. The molecular formula is C23H30O4. The second kappa shape index (κ2) is 8.73. The van der Waals surface area contributed by atoms with E-state index in [2.05, 4.69) is 0 Å². The van der Waals surface area contributed by atoms with Crippen molar-refractivity contribution in [2.24, 2.45) is 5.92 Å². The summed E-state index contributed by atoms with van der Waals surface area (Å²) in [6, 6.07) is 9.85. The number of rotatable bonds is 8. The number of cyclic esters (lactones) is 1. The van der Waals surface area contributed by atoms with Gasteiger partial charge in [0, 0.05) is 6.42 Å². The van der Waals surface area contributed by atoms with E-state index in [0.717, 1.165) is 18.4 Å². The van der Waals surface area contributed by atoms with E-state index in [4.69, 9.17) is 4.74 Å². The molecule has 0 saturated heterocycles. The van der Waals surface area contributed by atoms with Crippen molar-refractivity contribution in [3.05, 3.63) is 47.2 Å². The van der Waals surface area contributed by atoms with Gasteiger partial charge < -0.3 is 9.84 Å². The maximum atomic E-state index is 12.6. The van der Waals surface area contributed by atoms with Crippen LogP contribution in [0.1, 0.15) is 70.3 Å². The van der Waals surface area contributed by atoms with Gasteiger partial charge in [0.2, 0.25) is 0 Å². The molecule has 2 aliphatic rings. The van der Waals surface area contributed by atoms with Crippen molar-refractivity contribution < 1.29 is 19.4 Å². The first kappa shape index (κ1) is 19.7. The minimum Gasteiger partial charge on any atom is -0.507 e. The predicted molar refractivity (Wildman–Crippen MR) is 104 cm³/mol. The van der Waals surface area contributed by atoms with Gasteiger partial charge in [-0.2, -0.15) is 0 Å². The highest BCUT2D eigenvalue weighted by molar-refractivity contribution is 6.19. The number of esters is 1. The maximum Gasteiger partial charge on any atom is 0.346 e. The zero-order valence-electron chi connectivity index (χ0n) is 16.2. The summed E-state index contributed by atoms with van der Waals surface area (Å²) in [4.78, 5) is 24.8. The van der Waals surface area contributed by atoms with Crippen LogP contribution in [-0.2, 0) is 20.7 Å². The van der Waals surface area contributed by atoms with E-state index in [-0.39, 0.29) is 17.1 Å². The Morgan fingerprint density at radius 2 is 1.89 bits per heavy atom. The van der Waals surface area contributed by atoms with Crippen LogP contribution in [0, 0.1) is 5.92 Å². The van der Waals surface area contributed by atoms with Crippen molar-refractivity contribution in [1.29, 1.82) is 0 Å². The molecule has 1 aromatic rings. The summed E-state index contributed by atoms with van der Waals surface area (Å²) < 4.78 is 5.43. The Bertz CT molecular complexity index is 700. The minimum absolute atomic E-state index is 0.130. The number of carbonyl (C=O) groups excluding carboxylic acids is 2. The number of benzene rings is 1. The summed E-state index contributed by atoms with van der Waals surface area (Å²) in [6.45, 7) is 1.69. The predicted octanol–water partition coefficient (Wildman–Crippen LogP) is 5.07. The minimum atomic E-state index is -1.11. The number of hydrogen-bond donors (Lipinski definition) is 1. The smallest absolute Gasteiger partial charge is 0.346 e. The number of ether oxygens (including phenoxy) is 1. The molecule has 1 saturated carbocycles. The zero-order chi connectivity index (χ0) is 19.3. The van der Waals surface area contributed by atoms with Crippen LogP contribution in [0.3, 0.4) is 0 Å². The van der Waals surface area contributed by atoms with Crippen LogP contribution in [0.4, 0.5) is 0 Å². The summed E-state index contributed by atoms with van der Waals surface area (Å²) in [5.41, 5.74) is -0.134. The summed E-state index contributed by atoms with van der Waals surface area (Å²) in [5.74, 6) is -0.436. The van der Waals surface area contributed by atoms with Crippen molar-refractivity contribution in [3.8, 4) is 0 Å². The molecule has 3 rings (SSSR count). The maximum absolute atomic E-state index is 12.6. The first-order chi connectivity index (χ1) is 13.0. The zero-order valence-corrected chi connectivity index (χ0v) is 16.2. The number of hydrogen-bond acceptors (Lipinski definition) is 4. The van der Waals surface area contributed by atoms with E-state index in [1.165, 1.54) is 32.1 Å². The first-order valence-electron chi connectivity index (χ1n) is 10.2. The average molecular weight is 370 g/mol. The van der Waals surface area contributed by atoms with Crippen LogP contribution in [0.25, 0.3) is 0 Å². The van der Waals surface area contributed by atoms with Gasteiger partial charge in [0.15, 0.2) is 17.1 Å². The van der Waals surface area contributed by atoms with Crippen LogP contribution in [-0.4, -0.2) is 22.5 Å². The highest BCUT2D eigenvalue weighted by atomic mass is 16.6. The average Bonchev–Trinajstić information content (AvgIpc) is 2.91. The molecule has 0 amide bonds. The van der Waals surface area contributed by atoms with Gasteiger partial charge in [-0.25, -0.2) is 4.79 Å². The molecule has 1 N–H and O–H groups in total. The molecule has 1 fully saturated rings. The Hall–Kier alpha value is -2.10. The van der Waals surface area contributed by atoms with Gasteiger partial charge in [-0.05, 0) is 37.7 Å². The van der Waals surface area contributed by atoms with Gasteiger partial charge in [0.1, 0.15) is 5.57 Å². The summed E-state index contributed by atoms with van der Waals surface area (Å²) in [6.07, 6.45) is 9.62. The van der Waals surface area contributed by atoms with E-state index in [1.54, 1.807) is 6.92 Å². The van der Waals surface area contributed by atoms with Gasteiger partial charge in [0.25, 0.3) is 0 Å². The Kier molecular flexibility index (Phi) is 6.35. The van der Waals surface area contributed by atoms with E-state index in [1.807, 2.05) is 30.3 Å². The quantitative estimate of drug-likeness (QED) is 0.513. The fourth-order valence-electron chi connectivity index (χ4n) is 4.26. The molecule has 1 aromatic carbocycles. The molecule has 0 bridgehead atoms. The van der Waals surface area contributed by atoms with E-state index >= 15 is 0 Å². The molecule has 0 radical (unpaired) electrons. The molecule has 1 aliphatic heterocycles. The van der Waals surface area contributed by atoms with Crippen molar-refractivity contribution in [3.63, 3.8) is 0 Å². The second-order valence-electron chi connectivity index (χ2n) is 8.15. The summed E-state index contributed by atoms with van der Waals surface area (Å²) in [7, 11) is 0. The number of aliphatic hydroxyl groups excluding tert-OH is 1. The van der Waals surface area contributed by atoms with Crippen LogP contribution < -0.4 is 0 Å². The Labute approximate surface area is 161 Å². The van der Waals surface area contributed by atoms with Crippen molar-refractivity contribution in [2.75, 3.05) is 0 Å². The molecule has 1 aliphatic carbocycles. The summed E-state index contributed by atoms with van der Waals surface area (Å²) in [5, 5.41) is 10.6. The fourth-order valence-corrected chi connectivity index (χ4v) is 4.26. The molecule has 1 atom stereocenters. The van der Waals surface area contributed by atoms with Gasteiger partial charge in [-0.1, -0.05) is 68.9 Å². The number of ketones is 1. The molecule has 1 heterocycles. The third kappa shape index (κ3) is 4.79. The number of aryl methyl sites for hydroxylation is 1.